The summed E-state index contributed by atoms with van der Waals surface area (Å²) < 4.78 is 11.0. The van der Waals surface area contributed by atoms with E-state index >= 15 is 0 Å². The number of rotatable bonds is 7. The van der Waals surface area contributed by atoms with Crippen molar-refractivity contribution in [3.05, 3.63) is 53.9 Å². The summed E-state index contributed by atoms with van der Waals surface area (Å²) in [6.07, 6.45) is 0.792. The van der Waals surface area contributed by atoms with Crippen molar-refractivity contribution in [3.63, 3.8) is 0 Å². The smallest absolute Gasteiger partial charge is 0.161 e. The normalized spacial score (nSPS) is 12.3. The van der Waals surface area contributed by atoms with Gasteiger partial charge in [-0.05, 0) is 43.2 Å². The Morgan fingerprint density at radius 3 is 2.71 bits per heavy atom. The van der Waals surface area contributed by atoms with Gasteiger partial charge in [-0.3, -0.25) is 0 Å². The lowest BCUT2D eigenvalue weighted by atomic mass is 9.98. The van der Waals surface area contributed by atoms with Crippen LogP contribution in [0.1, 0.15) is 24.2 Å². The fourth-order valence-electron chi connectivity index (χ4n) is 2.86. The molecule has 3 N–H and O–H groups in total. The van der Waals surface area contributed by atoms with Gasteiger partial charge >= 0.3 is 0 Å². The zero-order valence-corrected chi connectivity index (χ0v) is 14.1. The monoisotopic (exact) mass is 325 g/mol. The third-order valence-corrected chi connectivity index (χ3v) is 4.09. The average molecular weight is 325 g/mol. The zero-order valence-electron chi connectivity index (χ0n) is 14.1. The Morgan fingerprint density at radius 2 is 2.00 bits per heavy atom. The number of benzene rings is 2. The van der Waals surface area contributed by atoms with Gasteiger partial charge in [0.25, 0.3) is 0 Å². The number of hydrogen-bond acceptors (Lipinski definition) is 4. The molecular formula is C19H23N3O2. The lowest BCUT2D eigenvalue weighted by Gasteiger charge is -2.15. The van der Waals surface area contributed by atoms with E-state index in [1.165, 1.54) is 0 Å². The van der Waals surface area contributed by atoms with Crippen molar-refractivity contribution in [2.24, 2.45) is 5.73 Å². The third-order valence-electron chi connectivity index (χ3n) is 4.09. The van der Waals surface area contributed by atoms with Crippen molar-refractivity contribution in [3.8, 4) is 11.5 Å². The molecule has 0 bridgehead atoms. The maximum Gasteiger partial charge on any atom is 0.161 e. The van der Waals surface area contributed by atoms with E-state index in [0.717, 1.165) is 40.3 Å². The molecule has 1 aromatic heterocycles. The molecule has 0 radical (unpaired) electrons. The van der Waals surface area contributed by atoms with Gasteiger partial charge < -0.3 is 20.2 Å². The van der Waals surface area contributed by atoms with E-state index in [0.29, 0.717) is 13.2 Å². The van der Waals surface area contributed by atoms with Crippen LogP contribution in [0.4, 0.5) is 0 Å². The zero-order chi connectivity index (χ0) is 16.9. The van der Waals surface area contributed by atoms with Crippen molar-refractivity contribution in [2.75, 3.05) is 20.3 Å². The molecule has 0 aliphatic heterocycles. The van der Waals surface area contributed by atoms with Gasteiger partial charge in [-0.25, -0.2) is 4.98 Å². The number of H-pyrrole nitrogens is 1. The van der Waals surface area contributed by atoms with E-state index in [1.807, 2.05) is 49.4 Å². The number of fused-ring (bicyclic) bond motifs is 1. The van der Waals surface area contributed by atoms with Crippen LogP contribution in [0.15, 0.2) is 42.5 Å². The van der Waals surface area contributed by atoms with Gasteiger partial charge in [0.05, 0.1) is 24.8 Å². The molecule has 0 aliphatic rings. The number of nitrogens with zero attached hydrogens (tertiary/aromatic N) is 1. The van der Waals surface area contributed by atoms with Crippen LogP contribution in [0.2, 0.25) is 0 Å². The molecule has 1 heterocycles. The molecule has 0 saturated heterocycles. The maximum atomic E-state index is 6.01. The van der Waals surface area contributed by atoms with E-state index in [1.54, 1.807) is 7.11 Å². The highest BCUT2D eigenvalue weighted by molar-refractivity contribution is 5.74. The fraction of sp³-hybridized carbons (Fsp3) is 0.316. The van der Waals surface area contributed by atoms with Crippen LogP contribution < -0.4 is 15.2 Å². The molecule has 1 atom stereocenters. The summed E-state index contributed by atoms with van der Waals surface area (Å²) >= 11 is 0. The van der Waals surface area contributed by atoms with Gasteiger partial charge in [-0.2, -0.15) is 0 Å². The van der Waals surface area contributed by atoms with Gasteiger partial charge in [0.2, 0.25) is 0 Å². The van der Waals surface area contributed by atoms with Crippen molar-refractivity contribution >= 4 is 11.0 Å². The van der Waals surface area contributed by atoms with E-state index < -0.39 is 0 Å². The van der Waals surface area contributed by atoms with Crippen LogP contribution in [0, 0.1) is 0 Å². The molecular weight excluding hydrogens is 302 g/mol. The standard InChI is InChI=1S/C19H23N3O2/c1-3-24-18-11-13(8-9-17(18)23-2)10-14(12-20)19-21-15-6-4-5-7-16(15)22-19/h4-9,11,14H,3,10,12,20H2,1-2H3,(H,21,22). The minimum Gasteiger partial charge on any atom is -0.493 e. The van der Waals surface area contributed by atoms with Crippen molar-refractivity contribution in [1.82, 2.24) is 9.97 Å². The Balaban J connectivity index is 1.85. The van der Waals surface area contributed by atoms with Gasteiger partial charge in [-0.15, -0.1) is 0 Å². The number of ether oxygens (including phenoxy) is 2. The second-order valence-corrected chi connectivity index (χ2v) is 5.69. The first-order chi connectivity index (χ1) is 11.7. The summed E-state index contributed by atoms with van der Waals surface area (Å²) in [7, 11) is 1.65. The molecule has 3 aromatic rings. The maximum absolute atomic E-state index is 6.01. The molecule has 0 fully saturated rings. The van der Waals surface area contributed by atoms with Crippen LogP contribution >= 0.6 is 0 Å². The molecule has 24 heavy (non-hydrogen) atoms. The minimum atomic E-state index is 0.125. The lowest BCUT2D eigenvalue weighted by Crippen LogP contribution is -2.16. The number of para-hydroxylation sites is 2. The Hall–Kier alpha value is -2.53. The number of methoxy groups -OCH3 is 1. The molecule has 126 valence electrons. The molecule has 5 heteroatoms. The minimum absolute atomic E-state index is 0.125. The van der Waals surface area contributed by atoms with E-state index in [-0.39, 0.29) is 5.92 Å². The Morgan fingerprint density at radius 1 is 1.17 bits per heavy atom. The second-order valence-electron chi connectivity index (χ2n) is 5.69. The van der Waals surface area contributed by atoms with Crippen LogP contribution in [0.3, 0.4) is 0 Å². The van der Waals surface area contributed by atoms with Crippen LogP contribution in [0.25, 0.3) is 11.0 Å². The van der Waals surface area contributed by atoms with Gasteiger partial charge in [-0.1, -0.05) is 18.2 Å². The number of nitrogens with two attached hydrogens (primary N) is 1. The highest BCUT2D eigenvalue weighted by Gasteiger charge is 2.16. The first-order valence-electron chi connectivity index (χ1n) is 8.19. The van der Waals surface area contributed by atoms with Crippen LogP contribution in [0.5, 0.6) is 11.5 Å². The average Bonchev–Trinajstić information content (AvgIpc) is 3.04. The van der Waals surface area contributed by atoms with E-state index in [2.05, 4.69) is 9.97 Å². The van der Waals surface area contributed by atoms with Crippen molar-refractivity contribution in [1.29, 1.82) is 0 Å². The Kier molecular flexibility index (Phi) is 5.01. The third kappa shape index (κ3) is 3.36. The summed E-state index contributed by atoms with van der Waals surface area (Å²) in [5.41, 5.74) is 9.17. The number of aromatic amines is 1. The lowest BCUT2D eigenvalue weighted by molar-refractivity contribution is 0.310. The molecule has 3 rings (SSSR count). The summed E-state index contributed by atoms with van der Waals surface area (Å²) in [5.74, 6) is 2.55. The van der Waals surface area contributed by atoms with E-state index in [4.69, 9.17) is 15.2 Å². The quantitative estimate of drug-likeness (QED) is 0.699. The first kappa shape index (κ1) is 16.3. The van der Waals surface area contributed by atoms with Crippen LogP contribution in [-0.2, 0) is 6.42 Å². The Labute approximate surface area is 141 Å². The first-order valence-corrected chi connectivity index (χ1v) is 8.19. The summed E-state index contributed by atoms with van der Waals surface area (Å²) in [6.45, 7) is 3.09. The molecule has 0 spiro atoms. The van der Waals surface area contributed by atoms with Gasteiger partial charge in [0, 0.05) is 12.5 Å². The van der Waals surface area contributed by atoms with Crippen LogP contribution in [-0.4, -0.2) is 30.2 Å². The molecule has 0 aliphatic carbocycles. The fourth-order valence-corrected chi connectivity index (χ4v) is 2.86. The van der Waals surface area contributed by atoms with Gasteiger partial charge in [0.1, 0.15) is 5.82 Å². The summed E-state index contributed by atoms with van der Waals surface area (Å²) in [4.78, 5) is 8.06. The number of hydrogen-bond donors (Lipinski definition) is 2. The summed E-state index contributed by atoms with van der Waals surface area (Å²) in [6, 6.07) is 14.0. The van der Waals surface area contributed by atoms with Crippen molar-refractivity contribution < 1.29 is 9.47 Å². The Bertz CT molecular complexity index is 780. The molecule has 0 saturated carbocycles. The van der Waals surface area contributed by atoms with Crippen molar-refractivity contribution in [2.45, 2.75) is 19.3 Å². The molecule has 0 amide bonds. The predicted octanol–water partition coefficient (Wildman–Crippen LogP) is 3.26. The highest BCUT2D eigenvalue weighted by atomic mass is 16.5. The number of nitrogens with one attached hydrogen (secondary N) is 1. The predicted molar refractivity (Wildman–Crippen MR) is 95.8 cm³/mol. The molecule has 1 unspecified atom stereocenters. The SMILES string of the molecule is CCOc1cc(CC(CN)c2nc3ccccc3[nH]2)ccc1OC. The van der Waals surface area contributed by atoms with E-state index in [9.17, 15) is 0 Å². The molecule has 2 aromatic carbocycles. The highest BCUT2D eigenvalue weighted by Crippen LogP contribution is 2.30. The largest absolute Gasteiger partial charge is 0.493 e. The second kappa shape index (κ2) is 7.36. The molecule has 5 nitrogen and oxygen atoms in total. The van der Waals surface area contributed by atoms with Gasteiger partial charge in [0.15, 0.2) is 11.5 Å². The topological polar surface area (TPSA) is 73.2 Å². The number of imidazole rings is 1. The summed E-state index contributed by atoms with van der Waals surface area (Å²) in [5, 5.41) is 0. The number of aromatic nitrogens is 2.